The fourth-order valence-corrected chi connectivity index (χ4v) is 3.85. The molecule has 23 heavy (non-hydrogen) atoms. The normalized spacial score (nSPS) is 18.6. The highest BCUT2D eigenvalue weighted by Crippen LogP contribution is 2.27. The van der Waals surface area contributed by atoms with Crippen LogP contribution >= 0.6 is 0 Å². The Balaban J connectivity index is 1.85. The zero-order valence-corrected chi connectivity index (χ0v) is 14.3. The van der Waals surface area contributed by atoms with Crippen LogP contribution in [0.1, 0.15) is 31.0 Å². The highest BCUT2D eigenvalue weighted by atomic mass is 16.3. The summed E-state index contributed by atoms with van der Waals surface area (Å²) in [5.41, 5.74) is 9.81. The standard InChI is InChI=1S/C19H29N3O/c1-14(20)11-18-15(2)22(19-8-4-3-7-17(18)19)13-16(23)12-21-9-5-6-10-21/h3-4,7-8,14,16,23H,5-6,9-13,20H2,1-2H3. The Labute approximate surface area is 138 Å². The lowest BCUT2D eigenvalue weighted by Crippen LogP contribution is -2.33. The lowest BCUT2D eigenvalue weighted by molar-refractivity contribution is 0.110. The molecule has 2 unspecified atom stereocenters. The summed E-state index contributed by atoms with van der Waals surface area (Å²) >= 11 is 0. The van der Waals surface area contributed by atoms with Gasteiger partial charge in [-0.15, -0.1) is 0 Å². The Morgan fingerprint density at radius 3 is 2.57 bits per heavy atom. The van der Waals surface area contributed by atoms with Crippen LogP contribution in [0.5, 0.6) is 0 Å². The first-order valence-electron chi connectivity index (χ1n) is 8.79. The first-order valence-corrected chi connectivity index (χ1v) is 8.79. The molecule has 4 heteroatoms. The van der Waals surface area contributed by atoms with Crippen molar-refractivity contribution in [2.45, 2.75) is 51.8 Å². The number of benzene rings is 1. The molecule has 0 amide bonds. The van der Waals surface area contributed by atoms with Crippen LogP contribution < -0.4 is 5.73 Å². The van der Waals surface area contributed by atoms with E-state index in [0.29, 0.717) is 6.54 Å². The van der Waals surface area contributed by atoms with Crippen molar-refractivity contribution < 1.29 is 5.11 Å². The van der Waals surface area contributed by atoms with Crippen LogP contribution in [0.3, 0.4) is 0 Å². The van der Waals surface area contributed by atoms with E-state index in [9.17, 15) is 5.11 Å². The summed E-state index contributed by atoms with van der Waals surface area (Å²) in [6.45, 7) is 7.88. The Morgan fingerprint density at radius 2 is 1.87 bits per heavy atom. The number of likely N-dealkylation sites (tertiary alicyclic amines) is 1. The summed E-state index contributed by atoms with van der Waals surface area (Å²) in [6.07, 6.45) is 3.07. The number of β-amino-alcohol motifs (C(OH)–C–C–N with tert-alkyl or cyclic N) is 1. The first-order chi connectivity index (χ1) is 11.1. The van der Waals surface area contributed by atoms with Gasteiger partial charge in [0.1, 0.15) is 0 Å². The third-order valence-corrected chi connectivity index (χ3v) is 4.95. The molecule has 1 aliphatic rings. The molecule has 0 aliphatic carbocycles. The number of hydrogen-bond donors (Lipinski definition) is 2. The second-order valence-corrected chi connectivity index (χ2v) is 7.03. The summed E-state index contributed by atoms with van der Waals surface area (Å²) < 4.78 is 2.27. The highest BCUT2D eigenvalue weighted by Gasteiger charge is 2.19. The van der Waals surface area contributed by atoms with Crippen molar-refractivity contribution in [3.05, 3.63) is 35.5 Å². The van der Waals surface area contributed by atoms with Gasteiger partial charge in [-0.25, -0.2) is 0 Å². The number of hydrogen-bond acceptors (Lipinski definition) is 3. The first kappa shape index (κ1) is 16.5. The van der Waals surface area contributed by atoms with Crippen molar-refractivity contribution in [3.63, 3.8) is 0 Å². The molecule has 3 rings (SSSR count). The van der Waals surface area contributed by atoms with E-state index < -0.39 is 0 Å². The summed E-state index contributed by atoms with van der Waals surface area (Å²) in [5, 5.41) is 11.8. The molecule has 1 aliphatic heterocycles. The minimum absolute atomic E-state index is 0.141. The quantitative estimate of drug-likeness (QED) is 0.860. The Hall–Kier alpha value is -1.36. The molecule has 4 nitrogen and oxygen atoms in total. The maximum absolute atomic E-state index is 10.6. The van der Waals surface area contributed by atoms with E-state index in [-0.39, 0.29) is 12.1 Å². The van der Waals surface area contributed by atoms with Crippen molar-refractivity contribution in [1.29, 1.82) is 0 Å². The van der Waals surface area contributed by atoms with Crippen molar-refractivity contribution in [2.24, 2.45) is 5.73 Å². The van der Waals surface area contributed by atoms with E-state index in [1.807, 2.05) is 6.92 Å². The fourth-order valence-electron chi connectivity index (χ4n) is 3.85. The van der Waals surface area contributed by atoms with Gasteiger partial charge in [0.05, 0.1) is 12.6 Å². The third-order valence-electron chi connectivity index (χ3n) is 4.95. The molecule has 2 aromatic rings. The minimum atomic E-state index is -0.328. The molecule has 2 atom stereocenters. The zero-order chi connectivity index (χ0) is 16.4. The minimum Gasteiger partial charge on any atom is -0.390 e. The van der Waals surface area contributed by atoms with E-state index >= 15 is 0 Å². The largest absolute Gasteiger partial charge is 0.390 e. The van der Waals surface area contributed by atoms with Crippen molar-refractivity contribution in [2.75, 3.05) is 19.6 Å². The molecule has 1 fully saturated rings. The smallest absolute Gasteiger partial charge is 0.0845 e. The topological polar surface area (TPSA) is 54.4 Å². The monoisotopic (exact) mass is 315 g/mol. The number of para-hydroxylation sites is 1. The van der Waals surface area contributed by atoms with Gasteiger partial charge in [-0.05, 0) is 57.8 Å². The summed E-state index contributed by atoms with van der Waals surface area (Å²) in [5.74, 6) is 0. The summed E-state index contributed by atoms with van der Waals surface area (Å²) in [4.78, 5) is 2.37. The van der Waals surface area contributed by atoms with Crippen LogP contribution in [0.15, 0.2) is 24.3 Å². The number of rotatable bonds is 6. The number of fused-ring (bicyclic) bond motifs is 1. The van der Waals surface area contributed by atoms with E-state index in [1.165, 1.54) is 35.0 Å². The van der Waals surface area contributed by atoms with Crippen molar-refractivity contribution in [1.82, 2.24) is 9.47 Å². The van der Waals surface area contributed by atoms with E-state index in [0.717, 1.165) is 26.1 Å². The summed E-state index contributed by atoms with van der Waals surface area (Å²) in [6, 6.07) is 8.61. The van der Waals surface area contributed by atoms with Crippen LogP contribution in [0, 0.1) is 6.92 Å². The molecule has 1 aromatic carbocycles. The number of nitrogens with two attached hydrogens (primary N) is 1. The second kappa shape index (κ2) is 7.04. The maximum atomic E-state index is 10.6. The molecular formula is C19H29N3O. The number of aliphatic hydroxyl groups excluding tert-OH is 1. The molecular weight excluding hydrogens is 286 g/mol. The Kier molecular flexibility index (Phi) is 5.05. The second-order valence-electron chi connectivity index (χ2n) is 7.03. The van der Waals surface area contributed by atoms with Gasteiger partial charge in [-0.1, -0.05) is 18.2 Å². The fraction of sp³-hybridized carbons (Fsp3) is 0.579. The van der Waals surface area contributed by atoms with Crippen molar-refractivity contribution in [3.8, 4) is 0 Å². The average Bonchev–Trinajstić information content (AvgIpc) is 3.10. The van der Waals surface area contributed by atoms with Gasteiger partial charge in [0.15, 0.2) is 0 Å². The molecule has 3 N–H and O–H groups in total. The number of aliphatic hydroxyl groups is 1. The molecule has 0 radical (unpaired) electrons. The molecule has 0 saturated carbocycles. The molecule has 1 aromatic heterocycles. The molecule has 0 bridgehead atoms. The van der Waals surface area contributed by atoms with Crippen LogP contribution in [-0.4, -0.2) is 46.4 Å². The zero-order valence-electron chi connectivity index (χ0n) is 14.3. The van der Waals surface area contributed by atoms with Gasteiger partial charge >= 0.3 is 0 Å². The predicted molar refractivity (Wildman–Crippen MR) is 95.7 cm³/mol. The number of aromatic nitrogens is 1. The highest BCUT2D eigenvalue weighted by molar-refractivity contribution is 5.85. The molecule has 0 spiro atoms. The lowest BCUT2D eigenvalue weighted by atomic mass is 10.0. The predicted octanol–water partition coefficient (Wildman–Crippen LogP) is 2.30. The van der Waals surface area contributed by atoms with E-state index in [2.05, 4.69) is 40.7 Å². The van der Waals surface area contributed by atoms with Gasteiger partial charge < -0.3 is 20.3 Å². The molecule has 126 valence electrons. The van der Waals surface area contributed by atoms with Gasteiger partial charge in [-0.3, -0.25) is 0 Å². The van der Waals surface area contributed by atoms with E-state index in [4.69, 9.17) is 5.73 Å². The number of nitrogens with zero attached hydrogens (tertiary/aromatic N) is 2. The Bertz CT molecular complexity index is 656. The van der Waals surface area contributed by atoms with Crippen LogP contribution in [0.2, 0.25) is 0 Å². The SMILES string of the molecule is Cc1c(CC(C)N)c2ccccc2n1CC(O)CN1CCCC1. The van der Waals surface area contributed by atoms with Crippen molar-refractivity contribution >= 4 is 10.9 Å². The maximum Gasteiger partial charge on any atom is 0.0845 e. The summed E-state index contributed by atoms with van der Waals surface area (Å²) in [7, 11) is 0. The molecule has 1 saturated heterocycles. The van der Waals surface area contributed by atoms with Gasteiger partial charge in [0.25, 0.3) is 0 Å². The van der Waals surface area contributed by atoms with Crippen LogP contribution in [0.25, 0.3) is 10.9 Å². The van der Waals surface area contributed by atoms with Gasteiger partial charge in [-0.2, -0.15) is 0 Å². The third kappa shape index (κ3) is 3.60. The average molecular weight is 315 g/mol. The molecule has 2 heterocycles. The van der Waals surface area contributed by atoms with Crippen LogP contribution in [-0.2, 0) is 13.0 Å². The van der Waals surface area contributed by atoms with Gasteiger partial charge in [0, 0.05) is 29.2 Å². The lowest BCUT2D eigenvalue weighted by Gasteiger charge is -2.21. The van der Waals surface area contributed by atoms with Crippen LogP contribution in [0.4, 0.5) is 0 Å². The Morgan fingerprint density at radius 1 is 1.17 bits per heavy atom. The van der Waals surface area contributed by atoms with Gasteiger partial charge in [0.2, 0.25) is 0 Å². The van der Waals surface area contributed by atoms with E-state index in [1.54, 1.807) is 0 Å².